The summed E-state index contributed by atoms with van der Waals surface area (Å²) in [4.78, 5) is 0. The SMILES string of the molecule is C=Cc1ccc2c(c1)-c1cc(C=C)c[c]([Zr+2]([C]3=CC(C(C)(C)C)=CC3)=[C](c3ccc(F)cc3)c3ccc(F)cc3)c1C2.[Cl-].[Cl-]. The quantitative estimate of drug-likeness (QED) is 0.254. The molecule has 5 heteroatoms. The second-order valence-corrected chi connectivity index (χ2v) is 18.1. The minimum Gasteiger partial charge on any atom is -1.00 e. The van der Waals surface area contributed by atoms with E-state index < -0.39 is 21.3 Å². The van der Waals surface area contributed by atoms with Crippen LogP contribution in [0.25, 0.3) is 23.3 Å². The zero-order chi connectivity index (χ0) is 29.6. The number of benzene rings is 4. The van der Waals surface area contributed by atoms with Crippen molar-refractivity contribution in [3.63, 3.8) is 0 Å². The Morgan fingerprint density at radius 1 is 0.750 bits per heavy atom. The Labute approximate surface area is 279 Å². The van der Waals surface area contributed by atoms with Gasteiger partial charge in [-0.3, -0.25) is 0 Å². The number of hydrogen-bond donors (Lipinski definition) is 0. The summed E-state index contributed by atoms with van der Waals surface area (Å²) in [7, 11) is 0. The van der Waals surface area contributed by atoms with Crippen molar-refractivity contribution >= 4 is 18.6 Å². The van der Waals surface area contributed by atoms with Crippen LogP contribution in [0.2, 0.25) is 0 Å². The van der Waals surface area contributed by atoms with Gasteiger partial charge < -0.3 is 24.8 Å². The smallest absolute Gasteiger partial charge is 1.00 e. The van der Waals surface area contributed by atoms with Gasteiger partial charge in [0.05, 0.1) is 0 Å². The molecular formula is C39H34Cl2F2Zr. The third-order valence-corrected chi connectivity index (χ3v) is 15.9. The normalized spacial score (nSPS) is 12.8. The summed E-state index contributed by atoms with van der Waals surface area (Å²) in [5.74, 6) is -0.524. The number of halogens is 4. The largest absolute Gasteiger partial charge is 1.00 e. The van der Waals surface area contributed by atoms with E-state index in [0.717, 1.165) is 35.1 Å². The third kappa shape index (κ3) is 6.52. The summed E-state index contributed by atoms with van der Waals surface area (Å²) in [6.45, 7) is 14.9. The van der Waals surface area contributed by atoms with Gasteiger partial charge in [0.1, 0.15) is 0 Å². The van der Waals surface area contributed by atoms with Crippen LogP contribution in [0, 0.1) is 17.0 Å². The Morgan fingerprint density at radius 2 is 1.32 bits per heavy atom. The molecule has 0 saturated carbocycles. The first kappa shape index (κ1) is 33.9. The van der Waals surface area contributed by atoms with Crippen LogP contribution in [0.5, 0.6) is 0 Å². The van der Waals surface area contributed by atoms with E-state index in [0.29, 0.717) is 0 Å². The minimum atomic E-state index is -3.03. The maximum absolute atomic E-state index is 14.2. The molecule has 0 aliphatic heterocycles. The Balaban J connectivity index is 0.00000221. The van der Waals surface area contributed by atoms with E-state index in [4.69, 9.17) is 0 Å². The van der Waals surface area contributed by atoms with Crippen LogP contribution >= 0.6 is 0 Å². The molecule has 0 saturated heterocycles. The molecule has 0 aromatic heterocycles. The number of hydrogen-bond acceptors (Lipinski definition) is 0. The third-order valence-electron chi connectivity index (χ3n) is 8.38. The van der Waals surface area contributed by atoms with Crippen molar-refractivity contribution in [2.24, 2.45) is 5.41 Å². The van der Waals surface area contributed by atoms with Crippen molar-refractivity contribution in [2.45, 2.75) is 33.6 Å². The molecule has 4 aromatic rings. The van der Waals surface area contributed by atoms with Gasteiger partial charge in [-0.15, -0.1) is 0 Å². The van der Waals surface area contributed by atoms with E-state index in [-0.39, 0.29) is 41.9 Å². The van der Waals surface area contributed by atoms with Crippen molar-refractivity contribution in [3.05, 3.63) is 158 Å². The van der Waals surface area contributed by atoms with Gasteiger partial charge in [-0.05, 0) is 0 Å². The molecule has 0 N–H and O–H groups in total. The summed E-state index contributed by atoms with van der Waals surface area (Å²) in [6.07, 6.45) is 10.4. The summed E-state index contributed by atoms with van der Waals surface area (Å²) in [5, 5.41) is 0. The molecule has 2 aliphatic carbocycles. The second kappa shape index (κ2) is 13.6. The Hall–Kier alpha value is -2.97. The predicted molar refractivity (Wildman–Crippen MR) is 171 cm³/mol. The van der Waals surface area contributed by atoms with E-state index >= 15 is 0 Å². The molecule has 6 rings (SSSR count). The predicted octanol–water partition coefficient (Wildman–Crippen LogP) is 3.60. The molecule has 0 amide bonds. The standard InChI is InChI=1S/C17H13.C13H8F2.C9H13.2ClH.Zr/c1-3-12-5-7-14-11-15-8-6-13(4-2)10-17(15)16(14)9-12;14-12-5-1-10(2-6-12)9-11-3-7-13(15)8-4-11;1-9(2,3)8-6-4-5-7-8;;;/h3-7,9-10H,1-2,11H2;1-8H;6-7H,4H2,1-3H3;2*1H;/q;;;;;+2/p-2. The molecule has 4 aromatic carbocycles. The molecule has 0 heterocycles. The minimum absolute atomic E-state index is 0. The van der Waals surface area contributed by atoms with Crippen molar-refractivity contribution in [3.8, 4) is 11.1 Å². The van der Waals surface area contributed by atoms with Crippen molar-refractivity contribution in [2.75, 3.05) is 0 Å². The fourth-order valence-corrected chi connectivity index (χ4v) is 14.2. The van der Waals surface area contributed by atoms with Crippen LogP contribution in [0.4, 0.5) is 8.78 Å². The first-order valence-electron chi connectivity index (χ1n) is 14.4. The Morgan fingerprint density at radius 3 is 1.84 bits per heavy atom. The first-order valence-corrected chi connectivity index (χ1v) is 18.1. The Bertz CT molecular complexity index is 1790. The molecular weight excluding hydrogens is 669 g/mol. The topological polar surface area (TPSA) is 0 Å². The van der Waals surface area contributed by atoms with E-state index in [1.165, 1.54) is 37.6 Å². The summed E-state index contributed by atoms with van der Waals surface area (Å²) in [6, 6.07) is 25.0. The summed E-state index contributed by atoms with van der Waals surface area (Å²) >= 11 is -3.03. The fourth-order valence-electron chi connectivity index (χ4n) is 6.16. The van der Waals surface area contributed by atoms with E-state index in [1.807, 2.05) is 36.4 Å². The molecule has 0 nitrogen and oxygen atoms in total. The molecule has 0 radical (unpaired) electrons. The van der Waals surface area contributed by atoms with Crippen molar-refractivity contribution in [1.82, 2.24) is 0 Å². The van der Waals surface area contributed by atoms with E-state index in [9.17, 15) is 8.78 Å². The van der Waals surface area contributed by atoms with Crippen LogP contribution in [-0.4, -0.2) is 3.21 Å². The summed E-state index contributed by atoms with van der Waals surface area (Å²) < 4.78 is 32.6. The van der Waals surface area contributed by atoms with Gasteiger partial charge in [0.15, 0.2) is 0 Å². The maximum Gasteiger partial charge on any atom is -1.00 e. The van der Waals surface area contributed by atoms with Gasteiger partial charge in [-0.25, -0.2) is 0 Å². The van der Waals surface area contributed by atoms with Crippen LogP contribution in [0.1, 0.15) is 60.6 Å². The molecule has 0 fully saturated rings. The maximum atomic E-state index is 14.2. The van der Waals surface area contributed by atoms with Gasteiger partial charge in [-0.1, -0.05) is 0 Å². The monoisotopic (exact) mass is 700 g/mol. The van der Waals surface area contributed by atoms with E-state index in [1.54, 1.807) is 24.3 Å². The van der Waals surface area contributed by atoms with Gasteiger partial charge >= 0.3 is 257 Å². The molecule has 2 aliphatic rings. The van der Waals surface area contributed by atoms with E-state index in [2.05, 4.69) is 76.4 Å². The zero-order valence-corrected chi connectivity index (χ0v) is 29.1. The zero-order valence-electron chi connectivity index (χ0n) is 25.2. The van der Waals surface area contributed by atoms with Crippen LogP contribution < -0.4 is 28.1 Å². The van der Waals surface area contributed by atoms with Crippen LogP contribution in [0.15, 0.2) is 113 Å². The number of fused-ring (bicyclic) bond motifs is 3. The molecule has 0 bridgehead atoms. The first-order chi connectivity index (χ1) is 20.2. The molecule has 0 atom stereocenters. The van der Waals surface area contributed by atoms with Crippen LogP contribution in [-0.2, 0) is 27.7 Å². The van der Waals surface area contributed by atoms with Crippen molar-refractivity contribution in [1.29, 1.82) is 0 Å². The molecule has 44 heavy (non-hydrogen) atoms. The van der Waals surface area contributed by atoms with Crippen LogP contribution in [0.3, 0.4) is 0 Å². The van der Waals surface area contributed by atoms with Gasteiger partial charge in [-0.2, -0.15) is 0 Å². The fraction of sp³-hybridized carbons (Fsp3) is 0.154. The summed E-state index contributed by atoms with van der Waals surface area (Å²) in [5.41, 5.74) is 10.8. The second-order valence-electron chi connectivity index (χ2n) is 12.1. The average Bonchev–Trinajstić information content (AvgIpc) is 3.62. The van der Waals surface area contributed by atoms with Gasteiger partial charge in [0.25, 0.3) is 0 Å². The molecule has 0 unspecified atom stereocenters. The number of rotatable bonds is 6. The van der Waals surface area contributed by atoms with Gasteiger partial charge in [0, 0.05) is 0 Å². The molecule has 222 valence electrons. The van der Waals surface area contributed by atoms with Gasteiger partial charge in [0.2, 0.25) is 0 Å². The van der Waals surface area contributed by atoms with Crippen molar-refractivity contribution < 1.29 is 54.9 Å². The average molecular weight is 703 g/mol. The Kier molecular flexibility index (Phi) is 10.5. The number of allylic oxidation sites excluding steroid dienone is 4. The molecule has 0 spiro atoms.